The molecule has 130 valence electrons. The molecule has 3 aromatic rings. The number of furan rings is 1. The molecule has 2 aromatic carbocycles. The number of benzene rings is 2. The summed E-state index contributed by atoms with van der Waals surface area (Å²) in [5.41, 5.74) is 0.981. The molecule has 7 heteroatoms. The van der Waals surface area contributed by atoms with Gasteiger partial charge in [0.05, 0.1) is 21.1 Å². The Morgan fingerprint density at radius 2 is 1.73 bits per heavy atom. The number of rotatable bonds is 4. The van der Waals surface area contributed by atoms with Crippen LogP contribution in [-0.2, 0) is 0 Å². The fourth-order valence-electron chi connectivity index (χ4n) is 2.14. The number of halogens is 4. The number of hydrogen-bond donors (Lipinski definition) is 0. The van der Waals surface area contributed by atoms with Crippen molar-refractivity contribution in [3.63, 3.8) is 0 Å². The molecular formula is C19H9BrCl3NOS. The minimum absolute atomic E-state index is 0.385. The predicted molar refractivity (Wildman–Crippen MR) is 112 cm³/mol. The van der Waals surface area contributed by atoms with Gasteiger partial charge in [-0.05, 0) is 64.5 Å². The summed E-state index contributed by atoms with van der Waals surface area (Å²) in [4.78, 5) is 0.987. The van der Waals surface area contributed by atoms with Crippen LogP contribution in [0.5, 0.6) is 0 Å². The fraction of sp³-hybridized carbons (Fsp3) is 0. The van der Waals surface area contributed by atoms with Gasteiger partial charge in [-0.25, -0.2) is 0 Å². The van der Waals surface area contributed by atoms with E-state index in [1.807, 2.05) is 24.3 Å². The van der Waals surface area contributed by atoms with Crippen LogP contribution < -0.4 is 0 Å². The second-order valence-corrected chi connectivity index (χ2v) is 8.31. The molecule has 0 radical (unpaired) electrons. The van der Waals surface area contributed by atoms with Crippen molar-refractivity contribution in [1.82, 2.24) is 0 Å². The monoisotopic (exact) mass is 483 g/mol. The van der Waals surface area contributed by atoms with Crippen LogP contribution in [0.25, 0.3) is 11.6 Å². The van der Waals surface area contributed by atoms with Gasteiger partial charge in [-0.3, -0.25) is 0 Å². The van der Waals surface area contributed by atoms with Gasteiger partial charge in [-0.1, -0.05) is 52.6 Å². The maximum absolute atomic E-state index is 9.49. The summed E-state index contributed by atoms with van der Waals surface area (Å²) in [5, 5.41) is 11.8. The Balaban J connectivity index is 1.90. The van der Waals surface area contributed by atoms with Gasteiger partial charge in [-0.15, -0.1) is 0 Å². The molecule has 0 aliphatic heterocycles. The first-order valence-corrected chi connectivity index (χ1v) is 10.0. The summed E-state index contributed by atoms with van der Waals surface area (Å²) in [6, 6.07) is 16.4. The summed E-state index contributed by atoms with van der Waals surface area (Å²) in [6.45, 7) is 0. The first-order chi connectivity index (χ1) is 12.5. The van der Waals surface area contributed by atoms with E-state index < -0.39 is 0 Å². The summed E-state index contributed by atoms with van der Waals surface area (Å²) in [5.74, 6) is 0.538. The van der Waals surface area contributed by atoms with E-state index in [9.17, 15) is 5.26 Å². The van der Waals surface area contributed by atoms with Gasteiger partial charge in [0, 0.05) is 20.5 Å². The average molecular weight is 486 g/mol. The van der Waals surface area contributed by atoms with Gasteiger partial charge >= 0.3 is 0 Å². The molecule has 0 unspecified atom stereocenters. The maximum Gasteiger partial charge on any atom is 0.179 e. The van der Waals surface area contributed by atoms with E-state index in [1.165, 1.54) is 11.8 Å². The zero-order valence-electron chi connectivity index (χ0n) is 13.0. The lowest BCUT2D eigenvalue weighted by Crippen LogP contribution is -1.83. The van der Waals surface area contributed by atoms with E-state index in [2.05, 4.69) is 22.0 Å². The van der Waals surface area contributed by atoms with Crippen molar-refractivity contribution in [2.24, 2.45) is 0 Å². The first kappa shape index (κ1) is 19.4. The minimum Gasteiger partial charge on any atom is -0.449 e. The van der Waals surface area contributed by atoms with Crippen LogP contribution in [-0.4, -0.2) is 0 Å². The number of nitriles is 1. The summed E-state index contributed by atoms with van der Waals surface area (Å²) < 4.78 is 6.65. The minimum atomic E-state index is 0.385. The SMILES string of the molecule is N#C/C(=C/c1cc(Br)c(Sc2ccc(Cl)cc2)o1)c1ccc(Cl)cc1Cl. The van der Waals surface area contributed by atoms with Crippen molar-refractivity contribution in [3.05, 3.63) is 79.4 Å². The van der Waals surface area contributed by atoms with Crippen molar-refractivity contribution in [2.45, 2.75) is 9.99 Å². The molecule has 0 spiro atoms. The number of nitrogens with zero attached hydrogens (tertiary/aromatic N) is 1. The second-order valence-electron chi connectivity index (χ2n) is 5.13. The molecule has 2 nitrogen and oxygen atoms in total. The van der Waals surface area contributed by atoms with Crippen molar-refractivity contribution in [1.29, 1.82) is 5.26 Å². The van der Waals surface area contributed by atoms with Crippen LogP contribution in [0.3, 0.4) is 0 Å². The zero-order chi connectivity index (χ0) is 18.7. The molecule has 0 aliphatic rings. The highest BCUT2D eigenvalue weighted by Crippen LogP contribution is 2.37. The van der Waals surface area contributed by atoms with E-state index >= 15 is 0 Å². The van der Waals surface area contributed by atoms with Gasteiger partial charge < -0.3 is 4.42 Å². The van der Waals surface area contributed by atoms with E-state index in [0.717, 1.165) is 9.37 Å². The molecule has 0 atom stereocenters. The zero-order valence-corrected chi connectivity index (χ0v) is 17.6. The van der Waals surface area contributed by atoms with Gasteiger partial charge in [0.2, 0.25) is 0 Å². The quantitative estimate of drug-likeness (QED) is 0.349. The van der Waals surface area contributed by atoms with Gasteiger partial charge in [0.1, 0.15) is 5.76 Å². The van der Waals surface area contributed by atoms with Crippen molar-refractivity contribution < 1.29 is 4.42 Å². The first-order valence-electron chi connectivity index (χ1n) is 7.26. The largest absolute Gasteiger partial charge is 0.449 e. The Labute approximate surface area is 178 Å². The molecule has 0 saturated carbocycles. The lowest BCUT2D eigenvalue weighted by molar-refractivity contribution is 0.463. The van der Waals surface area contributed by atoms with Crippen LogP contribution in [0.2, 0.25) is 15.1 Å². The highest BCUT2D eigenvalue weighted by Gasteiger charge is 2.12. The van der Waals surface area contributed by atoms with Crippen molar-refractivity contribution >= 4 is 74.1 Å². The van der Waals surface area contributed by atoms with Crippen molar-refractivity contribution in [2.75, 3.05) is 0 Å². The third-order valence-electron chi connectivity index (χ3n) is 3.33. The Morgan fingerprint density at radius 3 is 2.38 bits per heavy atom. The molecule has 0 saturated heterocycles. The van der Waals surface area contributed by atoms with E-state index in [1.54, 1.807) is 30.3 Å². The smallest absolute Gasteiger partial charge is 0.179 e. The maximum atomic E-state index is 9.49. The topological polar surface area (TPSA) is 36.9 Å². The van der Waals surface area contributed by atoms with E-state index in [0.29, 0.717) is 37.1 Å². The molecule has 1 aromatic heterocycles. The fourth-order valence-corrected chi connectivity index (χ4v) is 4.11. The van der Waals surface area contributed by atoms with Gasteiger partial charge in [0.25, 0.3) is 0 Å². The Kier molecular flexibility index (Phi) is 6.39. The molecule has 26 heavy (non-hydrogen) atoms. The van der Waals surface area contributed by atoms with Crippen LogP contribution in [0, 0.1) is 11.3 Å². The molecule has 0 bridgehead atoms. The van der Waals surface area contributed by atoms with Crippen LogP contribution in [0.4, 0.5) is 0 Å². The molecule has 0 aliphatic carbocycles. The second kappa shape index (κ2) is 8.56. The summed E-state index contributed by atoms with van der Waals surface area (Å²) in [7, 11) is 0. The van der Waals surface area contributed by atoms with Gasteiger partial charge in [0.15, 0.2) is 5.09 Å². The number of allylic oxidation sites excluding steroid dienone is 1. The van der Waals surface area contributed by atoms with Gasteiger partial charge in [-0.2, -0.15) is 5.26 Å². The van der Waals surface area contributed by atoms with Crippen molar-refractivity contribution in [3.8, 4) is 6.07 Å². The summed E-state index contributed by atoms with van der Waals surface area (Å²) >= 11 is 22.9. The molecule has 1 heterocycles. The third kappa shape index (κ3) is 4.68. The lowest BCUT2D eigenvalue weighted by atomic mass is 10.1. The molecule has 0 amide bonds. The third-order valence-corrected chi connectivity index (χ3v) is 5.97. The van der Waals surface area contributed by atoms with Crippen LogP contribution in [0.15, 0.2) is 67.4 Å². The molecule has 0 fully saturated rings. The highest BCUT2D eigenvalue weighted by molar-refractivity contribution is 9.10. The van der Waals surface area contributed by atoms with Crippen LogP contribution >= 0.6 is 62.5 Å². The van der Waals surface area contributed by atoms with E-state index in [4.69, 9.17) is 39.2 Å². The highest BCUT2D eigenvalue weighted by atomic mass is 79.9. The number of hydrogen-bond acceptors (Lipinski definition) is 3. The summed E-state index contributed by atoms with van der Waals surface area (Å²) in [6.07, 6.45) is 1.64. The Morgan fingerprint density at radius 1 is 1.04 bits per heavy atom. The predicted octanol–water partition coefficient (Wildman–Crippen LogP) is 8.22. The average Bonchev–Trinajstić information content (AvgIpc) is 2.94. The standard InChI is InChI=1S/C19H9BrCl3NOS/c20-17-9-14(25-19(17)26-15-4-1-12(21)2-5-15)7-11(10-24)16-6-3-13(22)8-18(16)23/h1-9H/b11-7-. The molecule has 0 N–H and O–H groups in total. The Bertz CT molecular complexity index is 1020. The van der Waals surface area contributed by atoms with Crippen LogP contribution in [0.1, 0.15) is 11.3 Å². The normalized spacial score (nSPS) is 11.4. The van der Waals surface area contributed by atoms with E-state index in [-0.39, 0.29) is 0 Å². The molecular weight excluding hydrogens is 477 g/mol. The Hall–Kier alpha value is -1.35. The molecule has 3 rings (SSSR count). The lowest BCUT2D eigenvalue weighted by Gasteiger charge is -2.02.